The van der Waals surface area contributed by atoms with Gasteiger partial charge in [-0.05, 0) is 24.7 Å². The van der Waals surface area contributed by atoms with E-state index in [1.807, 2.05) is 6.08 Å². The van der Waals surface area contributed by atoms with E-state index < -0.39 is 0 Å². The average Bonchev–Trinajstić information content (AvgIpc) is 2.37. The van der Waals surface area contributed by atoms with Gasteiger partial charge in [0, 0.05) is 0 Å². The third-order valence-electron chi connectivity index (χ3n) is 2.45. The van der Waals surface area contributed by atoms with Gasteiger partial charge in [0.05, 0.1) is 0 Å². The minimum Gasteiger partial charge on any atom is -0.0814 e. The maximum Gasteiger partial charge on any atom is -0.0230 e. The minimum absolute atomic E-state index is 0.646. The van der Waals surface area contributed by atoms with E-state index >= 15 is 0 Å². The Labute approximate surface area is 58.0 Å². The normalized spacial score (nSPS) is 24.1. The van der Waals surface area contributed by atoms with Crippen LogP contribution in [0.1, 0.15) is 32.6 Å². The Kier molecular flexibility index (Phi) is 2.32. The molecule has 0 aliphatic heterocycles. The van der Waals surface area contributed by atoms with E-state index in [4.69, 9.17) is 6.58 Å². The number of hydrogen-bond acceptors (Lipinski definition) is 0. The van der Waals surface area contributed by atoms with Crippen LogP contribution in [0.5, 0.6) is 0 Å². The average molecular weight is 123 g/mol. The van der Waals surface area contributed by atoms with Crippen molar-refractivity contribution in [2.75, 3.05) is 0 Å². The number of rotatable bonds is 2. The second-order valence-corrected chi connectivity index (χ2v) is 3.10. The summed E-state index contributed by atoms with van der Waals surface area (Å²) in [5, 5.41) is 0. The van der Waals surface area contributed by atoms with Crippen LogP contribution >= 0.6 is 0 Å². The summed E-state index contributed by atoms with van der Waals surface area (Å²) in [6.45, 7) is 7.65. The lowest BCUT2D eigenvalue weighted by Crippen LogP contribution is -2.03. The zero-order valence-electron chi connectivity index (χ0n) is 6.14. The number of hydrogen-bond donors (Lipinski definition) is 0. The lowest BCUT2D eigenvalue weighted by molar-refractivity contribution is 0.434. The molecule has 0 heteroatoms. The maximum atomic E-state index is 5.43. The summed E-state index contributed by atoms with van der Waals surface area (Å²) in [6, 6.07) is 0. The summed E-state index contributed by atoms with van der Waals surface area (Å²) in [6.07, 6.45) is 7.48. The molecular formula is C9H15. The highest BCUT2D eigenvalue weighted by Gasteiger charge is 2.18. The van der Waals surface area contributed by atoms with Gasteiger partial charge in [-0.2, -0.15) is 0 Å². The van der Waals surface area contributed by atoms with Gasteiger partial charge in [0.1, 0.15) is 0 Å². The second kappa shape index (κ2) is 3.05. The zero-order chi connectivity index (χ0) is 6.69. The predicted octanol–water partition coefficient (Wildman–Crippen LogP) is 2.80. The molecule has 0 amide bonds. The van der Waals surface area contributed by atoms with Crippen LogP contribution in [-0.4, -0.2) is 0 Å². The first-order valence-corrected chi connectivity index (χ1v) is 3.89. The van der Waals surface area contributed by atoms with E-state index in [0.29, 0.717) is 5.92 Å². The quantitative estimate of drug-likeness (QED) is 0.529. The first-order valence-electron chi connectivity index (χ1n) is 3.89. The molecule has 9 heavy (non-hydrogen) atoms. The van der Waals surface area contributed by atoms with E-state index in [1.54, 1.807) is 0 Å². The first-order chi connectivity index (χ1) is 4.34. The molecule has 1 aliphatic carbocycles. The molecule has 0 N–H and O–H groups in total. The van der Waals surface area contributed by atoms with E-state index in [1.165, 1.54) is 25.7 Å². The molecule has 0 nitrogen and oxygen atoms in total. The molecule has 0 spiro atoms. The summed E-state index contributed by atoms with van der Waals surface area (Å²) in [4.78, 5) is 0. The molecule has 1 radical (unpaired) electrons. The maximum absolute atomic E-state index is 5.43. The summed E-state index contributed by atoms with van der Waals surface area (Å²) >= 11 is 0. The van der Waals surface area contributed by atoms with Crippen LogP contribution < -0.4 is 0 Å². The van der Waals surface area contributed by atoms with Crippen molar-refractivity contribution in [1.29, 1.82) is 0 Å². The Bertz CT molecular complexity index is 88.2. The van der Waals surface area contributed by atoms with Crippen LogP contribution in [-0.2, 0) is 0 Å². The first kappa shape index (κ1) is 6.85. The van der Waals surface area contributed by atoms with E-state index in [-0.39, 0.29) is 0 Å². The molecule has 0 aromatic rings. The van der Waals surface area contributed by atoms with Crippen molar-refractivity contribution in [3.63, 3.8) is 0 Å². The Morgan fingerprint density at radius 1 is 1.44 bits per heavy atom. The Morgan fingerprint density at radius 2 is 2.00 bits per heavy atom. The van der Waals surface area contributed by atoms with Crippen LogP contribution in [0, 0.1) is 18.4 Å². The number of allylic oxidation sites excluding steroid dienone is 1. The molecule has 1 aliphatic rings. The molecule has 1 saturated carbocycles. The van der Waals surface area contributed by atoms with Gasteiger partial charge in [-0.25, -0.2) is 0 Å². The molecule has 1 atom stereocenters. The van der Waals surface area contributed by atoms with Crippen LogP contribution in [0.25, 0.3) is 0 Å². The Balaban J connectivity index is 2.32. The highest BCUT2D eigenvalue weighted by molar-refractivity contribution is 4.82. The fourth-order valence-electron chi connectivity index (χ4n) is 1.64. The molecule has 1 fully saturated rings. The van der Waals surface area contributed by atoms with Gasteiger partial charge < -0.3 is 0 Å². The van der Waals surface area contributed by atoms with Crippen molar-refractivity contribution in [2.24, 2.45) is 11.8 Å². The predicted molar refractivity (Wildman–Crippen MR) is 40.0 cm³/mol. The summed E-state index contributed by atoms with van der Waals surface area (Å²) in [7, 11) is 0. The van der Waals surface area contributed by atoms with Gasteiger partial charge in [-0.3, -0.25) is 0 Å². The fraction of sp³-hybridized carbons (Fsp3) is 0.778. The van der Waals surface area contributed by atoms with Gasteiger partial charge in [-0.15, -0.1) is 0 Å². The molecule has 0 aromatic carbocycles. The van der Waals surface area contributed by atoms with Crippen molar-refractivity contribution in [2.45, 2.75) is 32.6 Å². The summed E-state index contributed by atoms with van der Waals surface area (Å²) < 4.78 is 0. The molecule has 51 valence electrons. The third-order valence-corrected chi connectivity index (χ3v) is 2.45. The highest BCUT2D eigenvalue weighted by atomic mass is 14.2. The van der Waals surface area contributed by atoms with Gasteiger partial charge in [0.25, 0.3) is 0 Å². The van der Waals surface area contributed by atoms with E-state index in [2.05, 4.69) is 6.92 Å². The SMILES string of the molecule is [CH]=CC(C)C1CCCC1. The van der Waals surface area contributed by atoms with Gasteiger partial charge in [0.15, 0.2) is 0 Å². The van der Waals surface area contributed by atoms with Crippen molar-refractivity contribution in [3.8, 4) is 0 Å². The van der Waals surface area contributed by atoms with Crippen LogP contribution in [0.4, 0.5) is 0 Å². The molecule has 0 saturated heterocycles. The second-order valence-electron chi connectivity index (χ2n) is 3.10. The van der Waals surface area contributed by atoms with Gasteiger partial charge >= 0.3 is 0 Å². The topological polar surface area (TPSA) is 0 Å². The third kappa shape index (κ3) is 1.57. The monoisotopic (exact) mass is 123 g/mol. The van der Waals surface area contributed by atoms with Crippen molar-refractivity contribution >= 4 is 0 Å². The van der Waals surface area contributed by atoms with Crippen molar-refractivity contribution in [3.05, 3.63) is 12.7 Å². The molecular weight excluding hydrogens is 108 g/mol. The van der Waals surface area contributed by atoms with Crippen LogP contribution in [0.15, 0.2) is 6.08 Å². The Hall–Kier alpha value is -0.260. The largest absolute Gasteiger partial charge is 0.0814 e. The lowest BCUT2D eigenvalue weighted by Gasteiger charge is -2.12. The van der Waals surface area contributed by atoms with Crippen LogP contribution in [0.3, 0.4) is 0 Å². The van der Waals surface area contributed by atoms with Crippen LogP contribution in [0.2, 0.25) is 0 Å². The standard InChI is InChI=1S/C9H15/c1-3-8(2)9-6-4-5-7-9/h1,3,8-9H,4-7H2,2H3. The van der Waals surface area contributed by atoms with Gasteiger partial charge in [0.2, 0.25) is 0 Å². The fourth-order valence-corrected chi connectivity index (χ4v) is 1.64. The summed E-state index contributed by atoms with van der Waals surface area (Å²) in [5.41, 5.74) is 0. The molecule has 1 unspecified atom stereocenters. The van der Waals surface area contributed by atoms with E-state index in [9.17, 15) is 0 Å². The smallest absolute Gasteiger partial charge is 0.0230 e. The lowest BCUT2D eigenvalue weighted by atomic mass is 9.93. The highest BCUT2D eigenvalue weighted by Crippen LogP contribution is 2.31. The van der Waals surface area contributed by atoms with Crippen molar-refractivity contribution < 1.29 is 0 Å². The van der Waals surface area contributed by atoms with Crippen molar-refractivity contribution in [1.82, 2.24) is 0 Å². The minimum atomic E-state index is 0.646. The Morgan fingerprint density at radius 3 is 2.44 bits per heavy atom. The summed E-state index contributed by atoms with van der Waals surface area (Å²) in [5.74, 6) is 1.54. The molecule has 0 bridgehead atoms. The molecule has 0 aromatic heterocycles. The van der Waals surface area contributed by atoms with E-state index in [0.717, 1.165) is 5.92 Å². The zero-order valence-corrected chi connectivity index (χ0v) is 6.14. The van der Waals surface area contributed by atoms with Gasteiger partial charge in [-0.1, -0.05) is 32.4 Å². The molecule has 0 heterocycles. The molecule has 1 rings (SSSR count).